The SMILES string of the molecule is CCCCCCCCCCCCOC(=O)C(C)(CCCCCCCCC)CCCCCCCCCCC. The predicted octanol–water partition coefficient (Wildman–Crippen LogP) is 12.5. The number of unbranched alkanes of at least 4 members (excludes halogenated alkanes) is 23. The average Bonchev–Trinajstić information content (AvgIpc) is 2.90. The molecule has 0 N–H and O–H groups in total. The fraction of sp³-hybridized carbons (Fsp3) is 0.971. The summed E-state index contributed by atoms with van der Waals surface area (Å²) in [5, 5.41) is 0. The molecule has 0 fully saturated rings. The second-order valence-electron chi connectivity index (χ2n) is 12.3. The second-order valence-corrected chi connectivity index (χ2v) is 12.3. The van der Waals surface area contributed by atoms with Crippen LogP contribution in [0.3, 0.4) is 0 Å². The quantitative estimate of drug-likeness (QED) is 0.0692. The van der Waals surface area contributed by atoms with E-state index in [2.05, 4.69) is 27.7 Å². The normalized spacial score (nSPS) is 13.1. The molecule has 0 amide bonds. The summed E-state index contributed by atoms with van der Waals surface area (Å²) in [4.78, 5) is 13.2. The van der Waals surface area contributed by atoms with Crippen LogP contribution in [0.2, 0.25) is 0 Å². The van der Waals surface area contributed by atoms with Crippen LogP contribution in [-0.2, 0) is 9.53 Å². The molecule has 0 aromatic carbocycles. The van der Waals surface area contributed by atoms with Crippen LogP contribution in [0.1, 0.15) is 207 Å². The smallest absolute Gasteiger partial charge is 0.311 e. The van der Waals surface area contributed by atoms with Crippen molar-refractivity contribution in [2.45, 2.75) is 207 Å². The Balaban J connectivity index is 4.19. The molecule has 1 atom stereocenters. The van der Waals surface area contributed by atoms with E-state index >= 15 is 0 Å². The van der Waals surface area contributed by atoms with E-state index in [1.54, 1.807) is 0 Å². The molecule has 0 spiro atoms. The minimum absolute atomic E-state index is 0.0916. The van der Waals surface area contributed by atoms with Gasteiger partial charge in [-0.15, -0.1) is 0 Å². The summed E-state index contributed by atoms with van der Waals surface area (Å²) in [5.74, 6) is 0.0916. The van der Waals surface area contributed by atoms with Crippen LogP contribution in [-0.4, -0.2) is 12.6 Å². The second kappa shape index (κ2) is 28.5. The molecular formula is C35H70O2. The van der Waals surface area contributed by atoms with Gasteiger partial charge in [0, 0.05) is 0 Å². The summed E-state index contributed by atoms with van der Waals surface area (Å²) >= 11 is 0. The lowest BCUT2D eigenvalue weighted by Gasteiger charge is -2.27. The summed E-state index contributed by atoms with van der Waals surface area (Å²) < 4.78 is 5.88. The molecule has 2 heteroatoms. The number of carbonyl (C=O) groups is 1. The molecule has 0 aliphatic carbocycles. The van der Waals surface area contributed by atoms with Crippen LogP contribution < -0.4 is 0 Å². The van der Waals surface area contributed by atoms with Crippen LogP contribution in [0.4, 0.5) is 0 Å². The molecule has 0 radical (unpaired) electrons. The first-order valence-electron chi connectivity index (χ1n) is 17.3. The van der Waals surface area contributed by atoms with Crippen molar-refractivity contribution >= 4 is 5.97 Å². The van der Waals surface area contributed by atoms with Crippen molar-refractivity contribution in [3.05, 3.63) is 0 Å². The minimum atomic E-state index is -0.275. The molecular weight excluding hydrogens is 452 g/mol. The van der Waals surface area contributed by atoms with Gasteiger partial charge in [-0.3, -0.25) is 4.79 Å². The number of carbonyl (C=O) groups excluding carboxylic acids is 1. The summed E-state index contributed by atoms with van der Waals surface area (Å²) in [5.41, 5.74) is -0.275. The standard InChI is InChI=1S/C35H70O2/c1-5-8-11-14-17-19-21-24-27-30-33-37-34(36)35(4,31-28-25-22-16-13-10-7-3)32-29-26-23-20-18-15-12-9-6-2/h5-33H2,1-4H3. The molecule has 0 rings (SSSR count). The first kappa shape index (κ1) is 36.5. The van der Waals surface area contributed by atoms with Gasteiger partial charge in [0.15, 0.2) is 0 Å². The maximum atomic E-state index is 13.2. The third-order valence-corrected chi connectivity index (χ3v) is 8.39. The molecule has 0 aromatic rings. The van der Waals surface area contributed by atoms with Gasteiger partial charge in [-0.05, 0) is 26.2 Å². The molecule has 0 aliphatic rings. The summed E-state index contributed by atoms with van der Waals surface area (Å²) in [7, 11) is 0. The average molecular weight is 523 g/mol. The zero-order valence-electron chi connectivity index (χ0n) is 26.3. The van der Waals surface area contributed by atoms with Gasteiger partial charge in [-0.2, -0.15) is 0 Å². The maximum absolute atomic E-state index is 13.2. The first-order chi connectivity index (χ1) is 18.1. The molecule has 0 aromatic heterocycles. The van der Waals surface area contributed by atoms with Crippen molar-refractivity contribution in [1.29, 1.82) is 0 Å². The van der Waals surface area contributed by atoms with E-state index in [1.807, 2.05) is 0 Å². The predicted molar refractivity (Wildman–Crippen MR) is 165 cm³/mol. The summed E-state index contributed by atoms with van der Waals surface area (Å²) in [6.45, 7) is 9.67. The Morgan fingerprint density at radius 3 is 1.03 bits per heavy atom. The molecule has 0 saturated heterocycles. The summed E-state index contributed by atoms with van der Waals surface area (Å²) in [6, 6.07) is 0. The van der Waals surface area contributed by atoms with E-state index in [0.29, 0.717) is 6.61 Å². The van der Waals surface area contributed by atoms with Gasteiger partial charge in [0.25, 0.3) is 0 Å². The first-order valence-corrected chi connectivity index (χ1v) is 17.3. The van der Waals surface area contributed by atoms with Gasteiger partial charge in [0.05, 0.1) is 12.0 Å². The monoisotopic (exact) mass is 523 g/mol. The van der Waals surface area contributed by atoms with E-state index in [9.17, 15) is 4.79 Å². The largest absolute Gasteiger partial charge is 0.465 e. The molecule has 1 unspecified atom stereocenters. The lowest BCUT2D eigenvalue weighted by Crippen LogP contribution is -2.30. The molecule has 0 heterocycles. The Hall–Kier alpha value is -0.530. The Kier molecular flexibility index (Phi) is 28.1. The highest BCUT2D eigenvalue weighted by Gasteiger charge is 2.33. The van der Waals surface area contributed by atoms with Crippen LogP contribution >= 0.6 is 0 Å². The van der Waals surface area contributed by atoms with Crippen LogP contribution in [0, 0.1) is 5.41 Å². The van der Waals surface area contributed by atoms with Crippen molar-refractivity contribution in [3.63, 3.8) is 0 Å². The van der Waals surface area contributed by atoms with E-state index in [4.69, 9.17) is 4.74 Å². The van der Waals surface area contributed by atoms with Crippen molar-refractivity contribution < 1.29 is 9.53 Å². The highest BCUT2D eigenvalue weighted by atomic mass is 16.5. The van der Waals surface area contributed by atoms with Crippen LogP contribution in [0.15, 0.2) is 0 Å². The van der Waals surface area contributed by atoms with Gasteiger partial charge in [-0.25, -0.2) is 0 Å². The van der Waals surface area contributed by atoms with Crippen molar-refractivity contribution in [2.75, 3.05) is 6.61 Å². The van der Waals surface area contributed by atoms with Gasteiger partial charge in [0.2, 0.25) is 0 Å². The number of ether oxygens (including phenoxy) is 1. The van der Waals surface area contributed by atoms with E-state index < -0.39 is 0 Å². The topological polar surface area (TPSA) is 26.3 Å². The van der Waals surface area contributed by atoms with Gasteiger partial charge >= 0.3 is 5.97 Å². The lowest BCUT2D eigenvalue weighted by molar-refractivity contribution is -0.156. The molecule has 37 heavy (non-hydrogen) atoms. The van der Waals surface area contributed by atoms with E-state index in [1.165, 1.54) is 161 Å². The zero-order valence-corrected chi connectivity index (χ0v) is 26.3. The van der Waals surface area contributed by atoms with E-state index in [-0.39, 0.29) is 11.4 Å². The molecule has 0 saturated carbocycles. The van der Waals surface area contributed by atoms with Gasteiger partial charge < -0.3 is 4.74 Å². The Bertz CT molecular complexity index is 460. The number of rotatable bonds is 30. The number of hydrogen-bond donors (Lipinski definition) is 0. The van der Waals surface area contributed by atoms with Crippen molar-refractivity contribution in [1.82, 2.24) is 0 Å². The Labute approximate surface area is 234 Å². The number of esters is 1. The highest BCUT2D eigenvalue weighted by molar-refractivity contribution is 5.76. The fourth-order valence-corrected chi connectivity index (χ4v) is 5.56. The third-order valence-electron chi connectivity index (χ3n) is 8.39. The summed E-state index contributed by atoms with van der Waals surface area (Å²) in [6.07, 6.45) is 36.4. The highest BCUT2D eigenvalue weighted by Crippen LogP contribution is 2.33. The van der Waals surface area contributed by atoms with Gasteiger partial charge in [0.1, 0.15) is 0 Å². The van der Waals surface area contributed by atoms with Crippen molar-refractivity contribution in [2.24, 2.45) is 5.41 Å². The lowest BCUT2D eigenvalue weighted by atomic mass is 9.79. The zero-order chi connectivity index (χ0) is 27.3. The number of hydrogen-bond acceptors (Lipinski definition) is 2. The fourth-order valence-electron chi connectivity index (χ4n) is 5.56. The maximum Gasteiger partial charge on any atom is 0.311 e. The Morgan fingerprint density at radius 2 is 0.703 bits per heavy atom. The Morgan fingerprint density at radius 1 is 0.432 bits per heavy atom. The molecule has 0 bridgehead atoms. The molecule has 2 nitrogen and oxygen atoms in total. The minimum Gasteiger partial charge on any atom is -0.465 e. The molecule has 0 aliphatic heterocycles. The van der Waals surface area contributed by atoms with E-state index in [0.717, 1.165) is 19.3 Å². The van der Waals surface area contributed by atoms with Crippen molar-refractivity contribution in [3.8, 4) is 0 Å². The van der Waals surface area contributed by atoms with Crippen LogP contribution in [0.25, 0.3) is 0 Å². The third kappa shape index (κ3) is 24.3. The van der Waals surface area contributed by atoms with Crippen LogP contribution in [0.5, 0.6) is 0 Å². The van der Waals surface area contributed by atoms with Gasteiger partial charge in [-0.1, -0.05) is 181 Å². The molecule has 222 valence electrons.